The lowest BCUT2D eigenvalue weighted by molar-refractivity contribution is -0.138. The molecular formula is C29H33F4N5O. The zero-order chi connectivity index (χ0) is 28.2. The third-order valence-electron chi connectivity index (χ3n) is 6.96. The molecule has 0 aliphatic carbocycles. The summed E-state index contributed by atoms with van der Waals surface area (Å²) >= 11 is 0. The normalized spacial score (nSPS) is 18.8. The average Bonchev–Trinajstić information content (AvgIpc) is 3.07. The molecule has 2 heterocycles. The van der Waals surface area contributed by atoms with Gasteiger partial charge in [-0.05, 0) is 61.9 Å². The Kier molecular flexibility index (Phi) is 8.74. The molecule has 2 fully saturated rings. The fraction of sp³-hybridized carbons (Fsp3) is 0.379. The quantitative estimate of drug-likeness (QED) is 0.540. The Labute approximate surface area is 226 Å². The van der Waals surface area contributed by atoms with Crippen LogP contribution in [-0.4, -0.2) is 72.8 Å². The van der Waals surface area contributed by atoms with Gasteiger partial charge < -0.3 is 20.0 Å². The molecule has 4 rings (SSSR count). The van der Waals surface area contributed by atoms with Crippen LogP contribution in [0.1, 0.15) is 40.4 Å². The van der Waals surface area contributed by atoms with Crippen molar-refractivity contribution in [2.75, 3.05) is 46.3 Å². The number of benzene rings is 2. The van der Waals surface area contributed by atoms with E-state index in [2.05, 4.69) is 16.8 Å². The minimum atomic E-state index is -4.61. The molecule has 0 atom stereocenters. The molecule has 1 N–H and O–H groups in total. The van der Waals surface area contributed by atoms with Gasteiger partial charge in [0.25, 0.3) is 5.91 Å². The van der Waals surface area contributed by atoms with Crippen LogP contribution in [0.2, 0.25) is 0 Å². The van der Waals surface area contributed by atoms with Crippen molar-refractivity contribution in [3.8, 4) is 0 Å². The van der Waals surface area contributed by atoms with E-state index in [9.17, 15) is 22.4 Å². The van der Waals surface area contributed by atoms with Crippen molar-refractivity contribution in [2.45, 2.75) is 26.1 Å². The Hall–Kier alpha value is -3.66. The smallest absolute Gasteiger partial charge is 0.382 e. The highest BCUT2D eigenvalue weighted by Gasteiger charge is 2.34. The third kappa shape index (κ3) is 6.86. The summed E-state index contributed by atoms with van der Waals surface area (Å²) in [6.45, 7) is 9.70. The molecule has 208 valence electrons. The van der Waals surface area contributed by atoms with Crippen LogP contribution in [0.5, 0.6) is 0 Å². The lowest BCUT2D eigenvalue weighted by atomic mass is 10.1. The number of nitrogens with one attached hydrogen (secondary N) is 1. The van der Waals surface area contributed by atoms with Crippen molar-refractivity contribution in [3.05, 3.63) is 88.9 Å². The summed E-state index contributed by atoms with van der Waals surface area (Å²) < 4.78 is 55.0. The van der Waals surface area contributed by atoms with Crippen molar-refractivity contribution in [1.82, 2.24) is 20.0 Å². The maximum atomic E-state index is 14.0. The maximum absolute atomic E-state index is 14.0. The standard InChI is InChI=1S/C29H33F4N5O/c1-4-26(21-6-8-22(9-7-21)28(39)37-16-14-36(3)15-17-37)35-27-20(2)34-12-5-13-38(27)19-23-18-24(30)10-11-25(23)29(31,32)33/h4,6-11,18,34H,2,5,12-17,19H2,1,3H3/b26-4-,35-27?. The second-order valence-corrected chi connectivity index (χ2v) is 9.76. The van der Waals surface area contributed by atoms with Crippen molar-refractivity contribution in [1.29, 1.82) is 0 Å². The van der Waals surface area contributed by atoms with Gasteiger partial charge in [-0.25, -0.2) is 9.38 Å². The molecule has 2 aromatic rings. The Morgan fingerprint density at radius 1 is 1.05 bits per heavy atom. The van der Waals surface area contributed by atoms with Crippen LogP contribution >= 0.6 is 0 Å². The molecule has 1 amide bonds. The Morgan fingerprint density at radius 2 is 1.72 bits per heavy atom. The van der Waals surface area contributed by atoms with E-state index in [0.717, 1.165) is 36.9 Å². The molecule has 0 unspecified atom stereocenters. The minimum absolute atomic E-state index is 0.0222. The van der Waals surface area contributed by atoms with Crippen LogP contribution in [-0.2, 0) is 12.7 Å². The lowest BCUT2D eigenvalue weighted by Gasteiger charge is -2.32. The minimum Gasteiger partial charge on any atom is -0.382 e. The molecule has 2 aliphatic rings. The summed E-state index contributed by atoms with van der Waals surface area (Å²) in [5.41, 5.74) is 1.34. The van der Waals surface area contributed by atoms with Gasteiger partial charge >= 0.3 is 6.18 Å². The largest absolute Gasteiger partial charge is 0.416 e. The van der Waals surface area contributed by atoms with Crippen LogP contribution in [0.4, 0.5) is 17.6 Å². The van der Waals surface area contributed by atoms with Crippen LogP contribution in [0, 0.1) is 5.82 Å². The van der Waals surface area contributed by atoms with Gasteiger partial charge in [0.15, 0.2) is 5.84 Å². The number of halogens is 4. The van der Waals surface area contributed by atoms with E-state index in [1.54, 1.807) is 23.1 Å². The number of amidine groups is 1. The van der Waals surface area contributed by atoms with Gasteiger partial charge in [0.05, 0.1) is 17.0 Å². The number of nitrogens with zero attached hydrogens (tertiary/aromatic N) is 4. The molecule has 39 heavy (non-hydrogen) atoms. The molecular weight excluding hydrogens is 510 g/mol. The SMILES string of the molecule is C=C1NCCCN(Cc2cc(F)ccc2C(F)(F)F)C1=N/C(=C\C)c1ccc(C(=O)N2CCN(C)CC2)cc1. The van der Waals surface area contributed by atoms with E-state index < -0.39 is 17.6 Å². The third-order valence-corrected chi connectivity index (χ3v) is 6.96. The van der Waals surface area contributed by atoms with E-state index in [0.29, 0.717) is 55.4 Å². The van der Waals surface area contributed by atoms with Gasteiger partial charge in [-0.1, -0.05) is 24.8 Å². The highest BCUT2D eigenvalue weighted by atomic mass is 19.4. The predicted octanol–water partition coefficient (Wildman–Crippen LogP) is 5.00. The van der Waals surface area contributed by atoms with Crippen LogP contribution in [0.25, 0.3) is 5.70 Å². The number of carbonyl (C=O) groups excluding carboxylic acids is 1. The van der Waals surface area contributed by atoms with Crippen molar-refractivity contribution >= 4 is 17.4 Å². The van der Waals surface area contributed by atoms with Crippen molar-refractivity contribution < 1.29 is 22.4 Å². The van der Waals surface area contributed by atoms with Gasteiger partial charge in [-0.2, -0.15) is 13.2 Å². The molecule has 0 aromatic heterocycles. The summed E-state index contributed by atoms with van der Waals surface area (Å²) in [5, 5.41) is 3.17. The van der Waals surface area contributed by atoms with E-state index in [-0.39, 0.29) is 18.0 Å². The monoisotopic (exact) mass is 543 g/mol. The predicted molar refractivity (Wildman–Crippen MR) is 145 cm³/mol. The van der Waals surface area contributed by atoms with Crippen molar-refractivity contribution in [2.24, 2.45) is 4.99 Å². The number of rotatable bonds is 5. The van der Waals surface area contributed by atoms with E-state index >= 15 is 0 Å². The Bertz CT molecular complexity index is 1260. The maximum Gasteiger partial charge on any atom is 0.416 e. The Balaban J connectivity index is 1.60. The number of amides is 1. The fourth-order valence-corrected chi connectivity index (χ4v) is 4.74. The summed E-state index contributed by atoms with van der Waals surface area (Å²) in [7, 11) is 2.03. The molecule has 2 aliphatic heterocycles. The number of piperazine rings is 1. The van der Waals surface area contributed by atoms with Crippen LogP contribution in [0.15, 0.2) is 65.8 Å². The van der Waals surface area contributed by atoms with E-state index in [1.807, 2.05) is 31.0 Å². The number of hydrogen-bond acceptors (Lipinski definition) is 4. The number of aliphatic imine (C=N–C) groups is 1. The highest BCUT2D eigenvalue weighted by Crippen LogP contribution is 2.33. The second kappa shape index (κ2) is 12.0. The first kappa shape index (κ1) is 28.4. The summed E-state index contributed by atoms with van der Waals surface area (Å²) in [6.07, 6.45) is -2.17. The topological polar surface area (TPSA) is 51.2 Å². The zero-order valence-corrected chi connectivity index (χ0v) is 22.2. The molecule has 0 radical (unpaired) electrons. The molecule has 0 spiro atoms. The number of allylic oxidation sites excluding steroid dienone is 1. The van der Waals surface area contributed by atoms with Gasteiger partial charge in [0.2, 0.25) is 0 Å². The molecule has 6 nitrogen and oxygen atoms in total. The molecule has 2 aromatic carbocycles. The number of alkyl halides is 3. The number of likely N-dealkylation sites (N-methyl/N-ethyl adjacent to an activating group) is 1. The molecule has 0 bridgehead atoms. The summed E-state index contributed by atoms with van der Waals surface area (Å²) in [6, 6.07) is 9.67. The fourth-order valence-electron chi connectivity index (χ4n) is 4.74. The van der Waals surface area contributed by atoms with Crippen LogP contribution in [0.3, 0.4) is 0 Å². The van der Waals surface area contributed by atoms with E-state index in [1.165, 1.54) is 0 Å². The highest BCUT2D eigenvalue weighted by molar-refractivity contribution is 6.01. The summed E-state index contributed by atoms with van der Waals surface area (Å²) in [5.74, 6) is -0.370. The first-order valence-electron chi connectivity index (χ1n) is 12.9. The first-order chi connectivity index (χ1) is 18.6. The zero-order valence-electron chi connectivity index (χ0n) is 22.2. The van der Waals surface area contributed by atoms with Gasteiger partial charge in [-0.15, -0.1) is 0 Å². The number of carbonyl (C=O) groups is 1. The Morgan fingerprint density at radius 3 is 2.36 bits per heavy atom. The number of hydrogen-bond donors (Lipinski definition) is 1. The molecule has 0 saturated carbocycles. The summed E-state index contributed by atoms with van der Waals surface area (Å²) in [4.78, 5) is 23.4. The van der Waals surface area contributed by atoms with Gasteiger partial charge in [-0.3, -0.25) is 4.79 Å². The molecule has 10 heteroatoms. The average molecular weight is 544 g/mol. The second-order valence-electron chi connectivity index (χ2n) is 9.76. The van der Waals surface area contributed by atoms with Gasteiger partial charge in [0.1, 0.15) is 5.82 Å². The van der Waals surface area contributed by atoms with Crippen LogP contribution < -0.4 is 5.32 Å². The first-order valence-corrected chi connectivity index (χ1v) is 12.9. The van der Waals surface area contributed by atoms with E-state index in [4.69, 9.17) is 4.99 Å². The van der Waals surface area contributed by atoms with Crippen molar-refractivity contribution in [3.63, 3.8) is 0 Å². The van der Waals surface area contributed by atoms with Gasteiger partial charge in [0, 0.05) is 51.4 Å². The molecule has 2 saturated heterocycles. The lowest BCUT2D eigenvalue weighted by Crippen LogP contribution is -2.47.